The Morgan fingerprint density at radius 3 is 2.49 bits per heavy atom. The van der Waals surface area contributed by atoms with E-state index in [0.717, 1.165) is 96.2 Å². The Labute approximate surface area is 246 Å². The number of aromatic nitrogens is 1. The molecule has 1 saturated heterocycles. The van der Waals surface area contributed by atoms with Crippen LogP contribution in [0.1, 0.15) is 18.4 Å². The molecular formula is C34H35ClN4O2. The SMILES string of the molecule is CN1CCN(CCCCOc2ccc(-c3cc(-c4cccc(Cl)c4)nc4c3CC(=O)Nc3ccccc3-4)cc2)CC1. The number of fused-ring (bicyclic) bond motifs is 3. The molecule has 0 spiro atoms. The molecule has 2 aliphatic heterocycles. The van der Waals surface area contributed by atoms with E-state index in [0.29, 0.717) is 11.6 Å². The predicted octanol–water partition coefficient (Wildman–Crippen LogP) is 6.64. The molecule has 1 N–H and O–H groups in total. The molecule has 1 aromatic heterocycles. The van der Waals surface area contributed by atoms with E-state index in [9.17, 15) is 4.79 Å². The van der Waals surface area contributed by atoms with Crippen LogP contribution in [-0.2, 0) is 11.2 Å². The van der Waals surface area contributed by atoms with Crippen LogP contribution in [0.4, 0.5) is 5.69 Å². The van der Waals surface area contributed by atoms with E-state index in [4.69, 9.17) is 21.3 Å². The maximum absolute atomic E-state index is 13.0. The van der Waals surface area contributed by atoms with Crippen molar-refractivity contribution in [1.29, 1.82) is 0 Å². The largest absolute Gasteiger partial charge is 0.494 e. The minimum Gasteiger partial charge on any atom is -0.494 e. The Balaban J connectivity index is 1.24. The number of unbranched alkanes of at least 4 members (excludes halogenated alkanes) is 1. The second kappa shape index (κ2) is 12.4. The molecule has 2 aliphatic rings. The zero-order valence-corrected chi connectivity index (χ0v) is 24.2. The van der Waals surface area contributed by atoms with Crippen molar-refractivity contribution in [3.63, 3.8) is 0 Å². The number of anilines is 1. The molecule has 7 heteroatoms. The van der Waals surface area contributed by atoms with Gasteiger partial charge in [-0.25, -0.2) is 4.98 Å². The van der Waals surface area contributed by atoms with Crippen molar-refractivity contribution in [2.45, 2.75) is 19.3 Å². The maximum Gasteiger partial charge on any atom is 0.228 e. The summed E-state index contributed by atoms with van der Waals surface area (Å²) in [6.07, 6.45) is 2.41. The highest BCUT2D eigenvalue weighted by Gasteiger charge is 2.24. The Kier molecular flexibility index (Phi) is 8.33. The molecule has 6 nitrogen and oxygen atoms in total. The molecular weight excluding hydrogens is 532 g/mol. The van der Waals surface area contributed by atoms with Crippen molar-refractivity contribution in [3.05, 3.63) is 89.4 Å². The van der Waals surface area contributed by atoms with E-state index in [-0.39, 0.29) is 12.3 Å². The van der Waals surface area contributed by atoms with Gasteiger partial charge in [0.25, 0.3) is 0 Å². The summed E-state index contributed by atoms with van der Waals surface area (Å²) >= 11 is 6.34. The molecule has 1 amide bonds. The lowest BCUT2D eigenvalue weighted by Gasteiger charge is -2.32. The number of ether oxygens (including phenoxy) is 1. The van der Waals surface area contributed by atoms with Gasteiger partial charge in [-0.3, -0.25) is 4.79 Å². The minimum absolute atomic E-state index is 0.0497. The van der Waals surface area contributed by atoms with Crippen LogP contribution in [0.3, 0.4) is 0 Å². The smallest absolute Gasteiger partial charge is 0.228 e. The molecule has 0 unspecified atom stereocenters. The molecule has 1 fully saturated rings. The number of amides is 1. The van der Waals surface area contributed by atoms with Crippen LogP contribution in [0.5, 0.6) is 5.75 Å². The molecule has 4 aromatic rings. The van der Waals surface area contributed by atoms with Crippen molar-refractivity contribution < 1.29 is 9.53 Å². The summed E-state index contributed by atoms with van der Waals surface area (Å²) in [4.78, 5) is 23.0. The molecule has 0 bridgehead atoms. The van der Waals surface area contributed by atoms with Crippen molar-refractivity contribution in [3.8, 4) is 39.4 Å². The van der Waals surface area contributed by atoms with Crippen LogP contribution in [-0.4, -0.2) is 67.1 Å². The van der Waals surface area contributed by atoms with Crippen LogP contribution < -0.4 is 10.1 Å². The number of nitrogens with one attached hydrogen (secondary N) is 1. The molecule has 0 saturated carbocycles. The van der Waals surface area contributed by atoms with Gasteiger partial charge in [0.15, 0.2) is 0 Å². The van der Waals surface area contributed by atoms with Gasteiger partial charge in [0.2, 0.25) is 5.91 Å². The number of carbonyl (C=O) groups excluding carboxylic acids is 1. The Morgan fingerprint density at radius 1 is 0.878 bits per heavy atom. The van der Waals surface area contributed by atoms with Gasteiger partial charge in [-0.05, 0) is 79.5 Å². The fourth-order valence-corrected chi connectivity index (χ4v) is 5.80. The highest BCUT2D eigenvalue weighted by atomic mass is 35.5. The third-order valence-corrected chi connectivity index (χ3v) is 8.17. The predicted molar refractivity (Wildman–Crippen MR) is 167 cm³/mol. The van der Waals surface area contributed by atoms with Crippen LogP contribution in [0.15, 0.2) is 78.9 Å². The molecule has 3 heterocycles. The first-order valence-electron chi connectivity index (χ1n) is 14.4. The zero-order valence-electron chi connectivity index (χ0n) is 23.4. The monoisotopic (exact) mass is 566 g/mol. The molecule has 210 valence electrons. The number of nitrogens with zero attached hydrogens (tertiary/aromatic N) is 3. The molecule has 0 aliphatic carbocycles. The van der Waals surface area contributed by atoms with Crippen LogP contribution in [0.25, 0.3) is 33.6 Å². The molecule has 41 heavy (non-hydrogen) atoms. The third-order valence-electron chi connectivity index (χ3n) is 7.94. The van der Waals surface area contributed by atoms with Gasteiger partial charge in [0, 0.05) is 42.3 Å². The third kappa shape index (κ3) is 6.46. The van der Waals surface area contributed by atoms with Gasteiger partial charge >= 0.3 is 0 Å². The average Bonchev–Trinajstić information content (AvgIpc) is 3.13. The number of likely N-dealkylation sites (N-methyl/N-ethyl adjacent to an activating group) is 1. The summed E-state index contributed by atoms with van der Waals surface area (Å²) in [6.45, 7) is 6.46. The summed E-state index contributed by atoms with van der Waals surface area (Å²) in [5.41, 5.74) is 7.15. The lowest BCUT2D eigenvalue weighted by atomic mass is 9.92. The summed E-state index contributed by atoms with van der Waals surface area (Å²) in [7, 11) is 2.19. The highest BCUT2D eigenvalue weighted by Crippen LogP contribution is 2.40. The summed E-state index contributed by atoms with van der Waals surface area (Å²) in [5, 5.41) is 3.71. The Hall–Kier alpha value is -3.71. The van der Waals surface area contributed by atoms with Gasteiger partial charge in [0.05, 0.1) is 30.1 Å². The first-order valence-corrected chi connectivity index (χ1v) is 14.7. The molecule has 3 aromatic carbocycles. The fourth-order valence-electron chi connectivity index (χ4n) is 5.61. The number of piperazine rings is 1. The lowest BCUT2D eigenvalue weighted by Crippen LogP contribution is -2.44. The van der Waals surface area contributed by atoms with Gasteiger partial charge < -0.3 is 19.9 Å². The zero-order chi connectivity index (χ0) is 28.2. The van der Waals surface area contributed by atoms with Gasteiger partial charge in [-0.1, -0.05) is 54.1 Å². The minimum atomic E-state index is -0.0497. The van der Waals surface area contributed by atoms with E-state index >= 15 is 0 Å². The second-order valence-corrected chi connectivity index (χ2v) is 11.3. The number of pyridine rings is 1. The normalized spacial score (nSPS) is 15.5. The highest BCUT2D eigenvalue weighted by molar-refractivity contribution is 6.30. The molecule has 0 radical (unpaired) electrons. The first kappa shape index (κ1) is 27.5. The first-order chi connectivity index (χ1) is 20.0. The van der Waals surface area contributed by atoms with E-state index in [2.05, 4.69) is 40.4 Å². The van der Waals surface area contributed by atoms with Crippen molar-refractivity contribution >= 4 is 23.2 Å². The van der Waals surface area contributed by atoms with E-state index in [1.807, 2.05) is 60.7 Å². The second-order valence-electron chi connectivity index (χ2n) is 10.9. The maximum atomic E-state index is 13.0. The summed E-state index contributed by atoms with van der Waals surface area (Å²) in [6, 6.07) is 25.8. The van der Waals surface area contributed by atoms with Crippen molar-refractivity contribution in [2.75, 3.05) is 51.7 Å². The lowest BCUT2D eigenvalue weighted by molar-refractivity contribution is -0.115. The number of carbonyl (C=O) groups is 1. The van der Waals surface area contributed by atoms with Gasteiger partial charge in [0.1, 0.15) is 5.75 Å². The van der Waals surface area contributed by atoms with Crippen LogP contribution in [0.2, 0.25) is 5.02 Å². The summed E-state index contributed by atoms with van der Waals surface area (Å²) < 4.78 is 6.09. The Bertz CT molecular complexity index is 1530. The van der Waals surface area contributed by atoms with Crippen molar-refractivity contribution in [2.24, 2.45) is 0 Å². The summed E-state index contributed by atoms with van der Waals surface area (Å²) in [5.74, 6) is 0.804. The van der Waals surface area contributed by atoms with Crippen molar-refractivity contribution in [1.82, 2.24) is 14.8 Å². The molecule has 6 rings (SSSR count). The number of hydrogen-bond donors (Lipinski definition) is 1. The van der Waals surface area contributed by atoms with Crippen LogP contribution >= 0.6 is 11.6 Å². The number of halogens is 1. The number of hydrogen-bond acceptors (Lipinski definition) is 5. The Morgan fingerprint density at radius 2 is 1.68 bits per heavy atom. The topological polar surface area (TPSA) is 57.7 Å². The van der Waals surface area contributed by atoms with Gasteiger partial charge in [-0.2, -0.15) is 0 Å². The molecule has 0 atom stereocenters. The van der Waals surface area contributed by atoms with Crippen LogP contribution in [0, 0.1) is 0 Å². The number of para-hydroxylation sites is 1. The number of benzene rings is 3. The van der Waals surface area contributed by atoms with Gasteiger partial charge in [-0.15, -0.1) is 0 Å². The average molecular weight is 567 g/mol. The quantitative estimate of drug-likeness (QED) is 0.242. The van der Waals surface area contributed by atoms with E-state index < -0.39 is 0 Å². The van der Waals surface area contributed by atoms with E-state index in [1.165, 1.54) is 0 Å². The standard InChI is InChI=1S/C34H35ClN4O2/c1-38-16-18-39(19-17-38)15-4-5-20-41-27-13-11-24(12-14-27)29-22-32(25-7-6-8-26(35)21-25)37-34-28-9-2-3-10-31(28)36-33(40)23-30(29)34/h2-3,6-14,21-22H,4-5,15-20,23H2,1H3,(H,36,40). The number of rotatable bonds is 8. The fraction of sp³-hybridized carbons (Fsp3) is 0.294. The van der Waals surface area contributed by atoms with E-state index in [1.54, 1.807) is 0 Å².